The van der Waals surface area contributed by atoms with Crippen molar-refractivity contribution >= 4 is 0 Å². The molecule has 108 valence electrons. The lowest BCUT2D eigenvalue weighted by atomic mass is 10.1. The molecule has 0 aromatic heterocycles. The standard InChI is InChI=1S/C12H10F5N3/c13-8-7(9(14)11(16)12(17)10(8)15)5-20-2-1-19-4-6(20)3-18/h6,19H,1-2,4-5H2. The lowest BCUT2D eigenvalue weighted by Crippen LogP contribution is -2.50. The van der Waals surface area contributed by atoms with Gasteiger partial charge in [-0.15, -0.1) is 0 Å². The smallest absolute Gasteiger partial charge is 0.200 e. The van der Waals surface area contributed by atoms with E-state index >= 15 is 0 Å². The molecule has 1 fully saturated rings. The van der Waals surface area contributed by atoms with Gasteiger partial charge in [-0.05, 0) is 0 Å². The van der Waals surface area contributed by atoms with E-state index in [9.17, 15) is 22.0 Å². The summed E-state index contributed by atoms with van der Waals surface area (Å²) in [6, 6.07) is 1.23. The minimum atomic E-state index is -2.18. The first kappa shape index (κ1) is 14.7. The van der Waals surface area contributed by atoms with Crippen LogP contribution in [0.3, 0.4) is 0 Å². The topological polar surface area (TPSA) is 39.1 Å². The van der Waals surface area contributed by atoms with Crippen molar-refractivity contribution in [3.63, 3.8) is 0 Å². The third kappa shape index (κ3) is 2.46. The Balaban J connectivity index is 2.36. The van der Waals surface area contributed by atoms with Crippen LogP contribution in [-0.4, -0.2) is 30.6 Å². The molecule has 1 saturated heterocycles. The van der Waals surface area contributed by atoms with E-state index in [-0.39, 0.29) is 13.1 Å². The molecule has 0 radical (unpaired) electrons. The molecule has 0 aliphatic carbocycles. The van der Waals surface area contributed by atoms with E-state index in [2.05, 4.69) is 5.32 Å². The van der Waals surface area contributed by atoms with E-state index in [1.807, 2.05) is 6.07 Å². The van der Waals surface area contributed by atoms with Crippen molar-refractivity contribution in [2.45, 2.75) is 12.6 Å². The molecule has 0 amide bonds. The summed E-state index contributed by atoms with van der Waals surface area (Å²) in [5, 5.41) is 11.8. The number of rotatable bonds is 2. The third-order valence-electron chi connectivity index (χ3n) is 3.17. The van der Waals surface area contributed by atoms with E-state index in [0.717, 1.165) is 0 Å². The van der Waals surface area contributed by atoms with Gasteiger partial charge in [0, 0.05) is 31.7 Å². The Morgan fingerprint density at radius 1 is 1.05 bits per heavy atom. The fourth-order valence-corrected chi connectivity index (χ4v) is 2.06. The minimum Gasteiger partial charge on any atom is -0.313 e. The molecule has 0 bridgehead atoms. The highest BCUT2D eigenvalue weighted by atomic mass is 19.2. The van der Waals surface area contributed by atoms with Crippen LogP contribution in [-0.2, 0) is 6.54 Å². The molecule has 0 saturated carbocycles. The van der Waals surface area contributed by atoms with Crippen molar-refractivity contribution in [2.24, 2.45) is 0 Å². The molecule has 1 aromatic rings. The van der Waals surface area contributed by atoms with E-state index in [0.29, 0.717) is 6.54 Å². The summed E-state index contributed by atoms with van der Waals surface area (Å²) in [6.45, 7) is 0.503. The summed E-state index contributed by atoms with van der Waals surface area (Å²) >= 11 is 0. The molecule has 1 aromatic carbocycles. The molecule has 1 atom stereocenters. The van der Waals surface area contributed by atoms with Crippen LogP contribution in [0.15, 0.2) is 0 Å². The average molecular weight is 291 g/mol. The van der Waals surface area contributed by atoms with Crippen molar-refractivity contribution in [1.82, 2.24) is 10.2 Å². The Labute approximate surface area is 111 Å². The van der Waals surface area contributed by atoms with Gasteiger partial charge in [0.1, 0.15) is 6.04 Å². The number of nitrogens with zero attached hydrogens (tertiary/aromatic N) is 2. The fraction of sp³-hybridized carbons (Fsp3) is 0.417. The number of nitriles is 1. The van der Waals surface area contributed by atoms with E-state index < -0.39 is 47.2 Å². The highest BCUT2D eigenvalue weighted by Crippen LogP contribution is 2.24. The van der Waals surface area contributed by atoms with Gasteiger partial charge in [-0.1, -0.05) is 0 Å². The summed E-state index contributed by atoms with van der Waals surface area (Å²) in [5.41, 5.74) is -0.913. The van der Waals surface area contributed by atoms with Gasteiger partial charge in [-0.25, -0.2) is 22.0 Å². The maximum Gasteiger partial charge on any atom is 0.200 e. The Hall–Kier alpha value is -1.72. The Kier molecular flexibility index (Phi) is 4.20. The lowest BCUT2D eigenvalue weighted by Gasteiger charge is -2.32. The molecule has 1 heterocycles. The van der Waals surface area contributed by atoms with Gasteiger partial charge in [-0.3, -0.25) is 4.90 Å². The van der Waals surface area contributed by atoms with Gasteiger partial charge in [0.2, 0.25) is 5.82 Å². The molecule has 1 unspecified atom stereocenters. The van der Waals surface area contributed by atoms with E-state index in [1.54, 1.807) is 0 Å². The van der Waals surface area contributed by atoms with Crippen LogP contribution in [0.5, 0.6) is 0 Å². The Morgan fingerprint density at radius 3 is 2.15 bits per heavy atom. The van der Waals surface area contributed by atoms with Gasteiger partial charge in [0.05, 0.1) is 6.07 Å². The van der Waals surface area contributed by atoms with Crippen LogP contribution in [0.4, 0.5) is 22.0 Å². The normalized spacial score (nSPS) is 19.9. The molecule has 0 spiro atoms. The number of nitrogens with one attached hydrogen (secondary N) is 1. The second kappa shape index (κ2) is 5.73. The number of benzene rings is 1. The zero-order valence-electron chi connectivity index (χ0n) is 10.2. The first-order chi connectivity index (χ1) is 9.47. The minimum absolute atomic E-state index is 0.270. The van der Waals surface area contributed by atoms with E-state index in [4.69, 9.17) is 5.26 Å². The van der Waals surface area contributed by atoms with Crippen molar-refractivity contribution in [3.05, 3.63) is 34.6 Å². The highest BCUT2D eigenvalue weighted by Gasteiger charge is 2.29. The van der Waals surface area contributed by atoms with Crippen LogP contribution in [0.25, 0.3) is 0 Å². The van der Waals surface area contributed by atoms with Crippen molar-refractivity contribution < 1.29 is 22.0 Å². The fourth-order valence-electron chi connectivity index (χ4n) is 2.06. The van der Waals surface area contributed by atoms with Crippen molar-refractivity contribution in [2.75, 3.05) is 19.6 Å². The monoisotopic (exact) mass is 291 g/mol. The van der Waals surface area contributed by atoms with Crippen LogP contribution in [0, 0.1) is 40.4 Å². The summed E-state index contributed by atoms with van der Waals surface area (Å²) in [7, 11) is 0. The second-order valence-electron chi connectivity index (χ2n) is 4.37. The van der Waals surface area contributed by atoms with Gasteiger partial charge >= 0.3 is 0 Å². The maximum absolute atomic E-state index is 13.5. The lowest BCUT2D eigenvalue weighted by molar-refractivity contribution is 0.182. The zero-order valence-corrected chi connectivity index (χ0v) is 10.2. The van der Waals surface area contributed by atoms with Crippen LogP contribution >= 0.6 is 0 Å². The molecule has 20 heavy (non-hydrogen) atoms. The number of piperazine rings is 1. The van der Waals surface area contributed by atoms with Crippen molar-refractivity contribution in [1.29, 1.82) is 5.26 Å². The van der Waals surface area contributed by atoms with Gasteiger partial charge < -0.3 is 5.32 Å². The molecular formula is C12H10F5N3. The zero-order chi connectivity index (χ0) is 14.9. The number of hydrogen-bond donors (Lipinski definition) is 1. The predicted molar refractivity (Wildman–Crippen MR) is 58.9 cm³/mol. The van der Waals surface area contributed by atoms with Crippen LogP contribution < -0.4 is 5.32 Å². The molecule has 3 nitrogen and oxygen atoms in total. The highest BCUT2D eigenvalue weighted by molar-refractivity contribution is 5.24. The Morgan fingerprint density at radius 2 is 1.60 bits per heavy atom. The first-order valence-corrected chi connectivity index (χ1v) is 5.82. The number of halogens is 5. The maximum atomic E-state index is 13.5. The summed E-state index contributed by atoms with van der Waals surface area (Å²) in [4.78, 5) is 1.37. The summed E-state index contributed by atoms with van der Waals surface area (Å²) in [6.07, 6.45) is 0. The summed E-state index contributed by atoms with van der Waals surface area (Å²) in [5.74, 6) is -9.82. The van der Waals surface area contributed by atoms with Crippen LogP contribution in [0.1, 0.15) is 5.56 Å². The van der Waals surface area contributed by atoms with Gasteiger partial charge in [0.25, 0.3) is 0 Å². The van der Waals surface area contributed by atoms with Crippen LogP contribution in [0.2, 0.25) is 0 Å². The van der Waals surface area contributed by atoms with Gasteiger partial charge in [0.15, 0.2) is 23.3 Å². The second-order valence-corrected chi connectivity index (χ2v) is 4.37. The molecular weight excluding hydrogens is 281 g/mol. The molecule has 1 N–H and O–H groups in total. The predicted octanol–water partition coefficient (Wildman–Crippen LogP) is 1.68. The largest absolute Gasteiger partial charge is 0.313 e. The quantitative estimate of drug-likeness (QED) is 0.512. The molecule has 1 aliphatic rings. The van der Waals surface area contributed by atoms with Gasteiger partial charge in [-0.2, -0.15) is 5.26 Å². The van der Waals surface area contributed by atoms with Crippen molar-refractivity contribution in [3.8, 4) is 6.07 Å². The Bertz CT molecular complexity index is 540. The number of hydrogen-bond acceptors (Lipinski definition) is 3. The summed E-state index contributed by atoms with van der Waals surface area (Å²) < 4.78 is 66.2. The molecule has 8 heteroatoms. The first-order valence-electron chi connectivity index (χ1n) is 5.82. The van der Waals surface area contributed by atoms with E-state index in [1.165, 1.54) is 4.90 Å². The third-order valence-corrected chi connectivity index (χ3v) is 3.17. The molecule has 2 rings (SSSR count). The average Bonchev–Trinajstić information content (AvgIpc) is 2.48. The molecule has 1 aliphatic heterocycles. The SMILES string of the molecule is N#CC1CNCCN1Cc1c(F)c(F)c(F)c(F)c1F.